The lowest BCUT2D eigenvalue weighted by Gasteiger charge is -2.27. The molecular weight excluding hydrogens is 254 g/mol. The van der Waals surface area contributed by atoms with Gasteiger partial charge in [-0.1, -0.05) is 17.7 Å². The molecule has 2 aliphatic rings. The van der Waals surface area contributed by atoms with Gasteiger partial charge in [-0.05, 0) is 24.5 Å². The van der Waals surface area contributed by atoms with E-state index in [1.807, 2.05) is 6.07 Å². The van der Waals surface area contributed by atoms with Gasteiger partial charge in [0.1, 0.15) is 5.15 Å². The molecule has 2 atom stereocenters. The highest BCUT2D eigenvalue weighted by Gasteiger charge is 2.37. The Balaban J connectivity index is 1.68. The van der Waals surface area contributed by atoms with Crippen molar-refractivity contribution >= 4 is 11.6 Å². The standard InChI is InChI=1S/C12H16ClN3O2/c13-10-4-1-8(5-14-10)6-16(9-2-3-9)11-7-18-12(17)15-11/h1,4-5,9,11-12,15,17H,2-3,6-7H2. The molecular formula is C12H16ClN3O2. The van der Waals surface area contributed by atoms with Gasteiger partial charge in [0.2, 0.25) is 6.41 Å². The van der Waals surface area contributed by atoms with Crippen LogP contribution < -0.4 is 5.32 Å². The zero-order valence-electron chi connectivity index (χ0n) is 9.92. The zero-order valence-corrected chi connectivity index (χ0v) is 10.7. The summed E-state index contributed by atoms with van der Waals surface area (Å²) in [5.41, 5.74) is 1.12. The van der Waals surface area contributed by atoms with Gasteiger partial charge in [0.15, 0.2) is 0 Å². The lowest BCUT2D eigenvalue weighted by Crippen LogP contribution is -2.46. The van der Waals surface area contributed by atoms with E-state index in [2.05, 4.69) is 15.2 Å². The van der Waals surface area contributed by atoms with Crippen molar-refractivity contribution in [1.82, 2.24) is 15.2 Å². The fraction of sp³-hybridized carbons (Fsp3) is 0.583. The summed E-state index contributed by atoms with van der Waals surface area (Å²) in [7, 11) is 0. The third-order valence-corrected chi connectivity index (χ3v) is 3.54. The van der Waals surface area contributed by atoms with Crippen molar-refractivity contribution < 1.29 is 9.84 Å². The van der Waals surface area contributed by atoms with Crippen LogP contribution in [0, 0.1) is 0 Å². The monoisotopic (exact) mass is 269 g/mol. The first-order valence-corrected chi connectivity index (χ1v) is 6.52. The topological polar surface area (TPSA) is 57.6 Å². The number of hydrogen-bond acceptors (Lipinski definition) is 5. The van der Waals surface area contributed by atoms with Gasteiger partial charge in [0, 0.05) is 18.8 Å². The van der Waals surface area contributed by atoms with Crippen LogP contribution in [-0.4, -0.2) is 40.2 Å². The molecule has 98 valence electrons. The zero-order chi connectivity index (χ0) is 12.5. The smallest absolute Gasteiger partial charge is 0.214 e. The van der Waals surface area contributed by atoms with Gasteiger partial charge in [-0.15, -0.1) is 0 Å². The average molecular weight is 270 g/mol. The van der Waals surface area contributed by atoms with Gasteiger partial charge in [0.05, 0.1) is 12.8 Å². The van der Waals surface area contributed by atoms with Gasteiger partial charge in [0.25, 0.3) is 0 Å². The van der Waals surface area contributed by atoms with Crippen LogP contribution in [0.5, 0.6) is 0 Å². The highest BCUT2D eigenvalue weighted by atomic mass is 35.5. The van der Waals surface area contributed by atoms with E-state index in [1.165, 1.54) is 12.8 Å². The molecule has 1 aromatic heterocycles. The Bertz CT molecular complexity index is 410. The number of aliphatic hydroxyl groups is 1. The Kier molecular flexibility index (Phi) is 3.50. The van der Waals surface area contributed by atoms with Crippen LogP contribution in [0.15, 0.2) is 18.3 Å². The number of hydrogen-bond donors (Lipinski definition) is 2. The molecule has 2 unspecified atom stereocenters. The minimum atomic E-state index is -0.848. The number of pyridine rings is 1. The van der Waals surface area contributed by atoms with Crippen molar-refractivity contribution in [1.29, 1.82) is 0 Å². The van der Waals surface area contributed by atoms with Crippen LogP contribution in [0.3, 0.4) is 0 Å². The van der Waals surface area contributed by atoms with Gasteiger partial charge >= 0.3 is 0 Å². The Morgan fingerprint density at radius 2 is 2.33 bits per heavy atom. The van der Waals surface area contributed by atoms with Gasteiger partial charge in [-0.2, -0.15) is 0 Å². The number of ether oxygens (including phenoxy) is 1. The first kappa shape index (κ1) is 12.3. The van der Waals surface area contributed by atoms with Crippen molar-refractivity contribution in [3.8, 4) is 0 Å². The first-order valence-electron chi connectivity index (χ1n) is 6.14. The van der Waals surface area contributed by atoms with Crippen LogP contribution in [0.4, 0.5) is 0 Å². The molecule has 1 aliphatic heterocycles. The van der Waals surface area contributed by atoms with E-state index in [9.17, 15) is 5.11 Å². The summed E-state index contributed by atoms with van der Waals surface area (Å²) >= 11 is 5.78. The Morgan fingerprint density at radius 3 is 2.89 bits per heavy atom. The lowest BCUT2D eigenvalue weighted by molar-refractivity contribution is -0.0719. The highest BCUT2D eigenvalue weighted by Crippen LogP contribution is 2.30. The molecule has 0 spiro atoms. The number of aliphatic hydroxyl groups excluding tert-OH is 1. The van der Waals surface area contributed by atoms with Crippen LogP contribution in [0.25, 0.3) is 0 Å². The third-order valence-electron chi connectivity index (χ3n) is 3.32. The highest BCUT2D eigenvalue weighted by molar-refractivity contribution is 6.29. The van der Waals surface area contributed by atoms with E-state index in [-0.39, 0.29) is 6.17 Å². The maximum absolute atomic E-state index is 9.36. The summed E-state index contributed by atoms with van der Waals surface area (Å²) in [6.45, 7) is 1.31. The van der Waals surface area contributed by atoms with Crippen LogP contribution in [0.1, 0.15) is 18.4 Å². The molecule has 0 amide bonds. The fourth-order valence-electron chi connectivity index (χ4n) is 2.25. The number of aromatic nitrogens is 1. The summed E-state index contributed by atoms with van der Waals surface area (Å²) < 4.78 is 5.15. The summed E-state index contributed by atoms with van der Waals surface area (Å²) in [5.74, 6) is 0. The second kappa shape index (κ2) is 5.11. The molecule has 1 aromatic rings. The molecule has 2 N–H and O–H groups in total. The average Bonchev–Trinajstić information content (AvgIpc) is 3.11. The predicted molar refractivity (Wildman–Crippen MR) is 66.7 cm³/mol. The molecule has 5 nitrogen and oxygen atoms in total. The summed E-state index contributed by atoms with van der Waals surface area (Å²) in [5, 5.41) is 12.9. The summed E-state index contributed by atoms with van der Waals surface area (Å²) in [6.07, 6.45) is 3.43. The van der Waals surface area contributed by atoms with E-state index in [4.69, 9.17) is 16.3 Å². The number of nitrogens with one attached hydrogen (secondary N) is 1. The molecule has 1 saturated heterocycles. The maximum atomic E-state index is 9.36. The Morgan fingerprint density at radius 1 is 1.50 bits per heavy atom. The van der Waals surface area contributed by atoms with Crippen molar-refractivity contribution in [2.45, 2.75) is 38.0 Å². The van der Waals surface area contributed by atoms with Gasteiger partial charge in [-0.3, -0.25) is 10.2 Å². The molecule has 1 saturated carbocycles. The quantitative estimate of drug-likeness (QED) is 0.796. The van der Waals surface area contributed by atoms with Crippen molar-refractivity contribution in [2.24, 2.45) is 0 Å². The number of nitrogens with zero attached hydrogens (tertiary/aromatic N) is 2. The van der Waals surface area contributed by atoms with Gasteiger partial charge < -0.3 is 9.84 Å². The van der Waals surface area contributed by atoms with E-state index in [0.717, 1.165) is 12.1 Å². The second-order valence-electron chi connectivity index (χ2n) is 4.76. The lowest BCUT2D eigenvalue weighted by atomic mass is 10.2. The molecule has 6 heteroatoms. The largest absolute Gasteiger partial charge is 0.356 e. The number of rotatable bonds is 4. The van der Waals surface area contributed by atoms with Crippen LogP contribution in [-0.2, 0) is 11.3 Å². The summed E-state index contributed by atoms with van der Waals surface area (Å²) in [6, 6.07) is 4.36. The Labute approximate surface area is 111 Å². The van der Waals surface area contributed by atoms with Crippen molar-refractivity contribution in [3.05, 3.63) is 29.0 Å². The van der Waals surface area contributed by atoms with Crippen molar-refractivity contribution in [2.75, 3.05) is 6.61 Å². The second-order valence-corrected chi connectivity index (χ2v) is 5.15. The summed E-state index contributed by atoms with van der Waals surface area (Å²) in [4.78, 5) is 6.41. The van der Waals surface area contributed by atoms with Gasteiger partial charge in [-0.25, -0.2) is 4.98 Å². The van der Waals surface area contributed by atoms with E-state index >= 15 is 0 Å². The van der Waals surface area contributed by atoms with Crippen molar-refractivity contribution in [3.63, 3.8) is 0 Å². The SMILES string of the molecule is OC1NC(N(Cc2ccc(Cl)nc2)C2CC2)CO1. The minimum Gasteiger partial charge on any atom is -0.356 e. The molecule has 3 rings (SSSR count). The molecule has 0 radical (unpaired) electrons. The fourth-order valence-corrected chi connectivity index (χ4v) is 2.36. The Hall–Kier alpha value is -0.720. The molecule has 18 heavy (non-hydrogen) atoms. The normalized spacial score (nSPS) is 27.9. The van der Waals surface area contributed by atoms with E-state index < -0.39 is 6.41 Å². The first-order chi connectivity index (χ1) is 8.72. The predicted octanol–water partition coefficient (Wildman–Crippen LogP) is 0.921. The third kappa shape index (κ3) is 2.81. The van der Waals surface area contributed by atoms with E-state index in [1.54, 1.807) is 12.3 Å². The maximum Gasteiger partial charge on any atom is 0.214 e. The molecule has 0 aromatic carbocycles. The minimum absolute atomic E-state index is 0.0724. The molecule has 0 bridgehead atoms. The van der Waals surface area contributed by atoms with E-state index in [0.29, 0.717) is 17.8 Å². The molecule has 2 heterocycles. The van der Waals surface area contributed by atoms with Crippen LogP contribution >= 0.6 is 11.6 Å². The molecule has 1 aliphatic carbocycles. The molecule has 2 fully saturated rings. The number of halogens is 1. The van der Waals surface area contributed by atoms with Crippen LogP contribution in [0.2, 0.25) is 5.15 Å².